The molecule has 0 saturated heterocycles. The normalized spacial score (nSPS) is 21.4. The van der Waals surface area contributed by atoms with E-state index in [4.69, 9.17) is 20.0 Å². The van der Waals surface area contributed by atoms with Gasteiger partial charge in [-0.15, -0.1) is 0 Å². The zero-order chi connectivity index (χ0) is 15.9. The summed E-state index contributed by atoms with van der Waals surface area (Å²) in [4.78, 5) is 11.4. The molecule has 0 amide bonds. The van der Waals surface area contributed by atoms with Gasteiger partial charge in [-0.2, -0.15) is 0 Å². The summed E-state index contributed by atoms with van der Waals surface area (Å²) in [5.41, 5.74) is 0. The summed E-state index contributed by atoms with van der Waals surface area (Å²) in [5.74, 6) is -0.923. The summed E-state index contributed by atoms with van der Waals surface area (Å²) in [6.07, 6.45) is -1.69. The summed E-state index contributed by atoms with van der Waals surface area (Å²) in [5, 5.41) is 9.07. The van der Waals surface area contributed by atoms with Gasteiger partial charge in [-0.25, -0.2) is 4.79 Å². The van der Waals surface area contributed by atoms with Crippen LogP contribution >= 0.6 is 19.2 Å². The van der Waals surface area contributed by atoms with E-state index in [0.29, 0.717) is 0 Å². The third-order valence-corrected chi connectivity index (χ3v) is 9.77. The molecular formula is C10H20ClO6PSi2. The molecule has 0 saturated carbocycles. The first-order chi connectivity index (χ1) is 8.75. The van der Waals surface area contributed by atoms with Gasteiger partial charge in [0.2, 0.25) is 6.29 Å². The maximum absolute atomic E-state index is 13.1. The number of carbonyl (C=O) groups is 1. The fraction of sp³-hybridized carbons (Fsp3) is 0.700. The number of carbonyl (C=O) groups excluding carboxylic acids is 1. The molecule has 1 rings (SSSR count). The SMILES string of the molecule is C[Si](C)(C)OP(=O)(O[Si](C)(C)C)C1=C(Cl)C(=O)OC1O. The van der Waals surface area contributed by atoms with Crippen LogP contribution in [0.1, 0.15) is 0 Å². The van der Waals surface area contributed by atoms with Crippen molar-refractivity contribution in [1.29, 1.82) is 0 Å². The van der Waals surface area contributed by atoms with E-state index in [2.05, 4.69) is 4.74 Å². The van der Waals surface area contributed by atoms with Crippen LogP contribution in [0.15, 0.2) is 10.3 Å². The molecule has 0 fully saturated rings. The van der Waals surface area contributed by atoms with Crippen molar-refractivity contribution in [3.8, 4) is 0 Å². The smallest absolute Gasteiger partial charge is 0.353 e. The molecule has 0 bridgehead atoms. The van der Waals surface area contributed by atoms with Crippen LogP contribution in [0.25, 0.3) is 0 Å². The van der Waals surface area contributed by atoms with Gasteiger partial charge in [0.25, 0.3) is 0 Å². The second kappa shape index (κ2) is 5.68. The van der Waals surface area contributed by atoms with Crippen molar-refractivity contribution in [3.63, 3.8) is 0 Å². The number of cyclic esters (lactones) is 1. The van der Waals surface area contributed by atoms with Gasteiger partial charge in [0.15, 0.2) is 16.6 Å². The van der Waals surface area contributed by atoms with Crippen LogP contribution in [-0.2, 0) is 22.5 Å². The van der Waals surface area contributed by atoms with Crippen LogP contribution in [0.3, 0.4) is 0 Å². The van der Waals surface area contributed by atoms with E-state index < -0.39 is 41.5 Å². The standard InChI is InChI=1S/C10H20ClO6PSi2/c1-19(2,3)16-18(14,17-20(4,5)6)8-7(11)9(12)15-10(8)13/h10,13H,1-6H3. The number of esters is 1. The predicted molar refractivity (Wildman–Crippen MR) is 81.4 cm³/mol. The molecule has 0 aromatic heterocycles. The second-order valence-electron chi connectivity index (χ2n) is 6.36. The van der Waals surface area contributed by atoms with Crippen LogP contribution in [0.2, 0.25) is 39.3 Å². The summed E-state index contributed by atoms with van der Waals surface area (Å²) >= 11 is 5.81. The monoisotopic (exact) mass is 358 g/mol. The molecule has 1 aliphatic heterocycles. The first kappa shape index (κ1) is 18.1. The zero-order valence-electron chi connectivity index (χ0n) is 12.4. The summed E-state index contributed by atoms with van der Waals surface area (Å²) in [7, 11) is -8.44. The Bertz CT molecular complexity index is 473. The zero-order valence-corrected chi connectivity index (χ0v) is 16.0. The van der Waals surface area contributed by atoms with E-state index in [9.17, 15) is 14.5 Å². The van der Waals surface area contributed by atoms with Gasteiger partial charge in [-0.1, -0.05) is 11.6 Å². The Balaban J connectivity index is 3.32. The molecule has 10 heteroatoms. The van der Waals surface area contributed by atoms with Crippen molar-refractivity contribution in [2.45, 2.75) is 45.6 Å². The average Bonchev–Trinajstić information content (AvgIpc) is 2.33. The lowest BCUT2D eigenvalue weighted by molar-refractivity contribution is -0.151. The summed E-state index contributed by atoms with van der Waals surface area (Å²) in [6.45, 7) is 11.0. The number of halogens is 1. The molecule has 6 nitrogen and oxygen atoms in total. The number of aliphatic hydroxyl groups excluding tert-OH is 1. The van der Waals surface area contributed by atoms with E-state index in [1.165, 1.54) is 0 Å². The van der Waals surface area contributed by atoms with Crippen LogP contribution in [0.4, 0.5) is 0 Å². The molecule has 0 aliphatic carbocycles. The highest BCUT2D eigenvalue weighted by atomic mass is 35.5. The Morgan fingerprint density at radius 2 is 1.55 bits per heavy atom. The fourth-order valence-electron chi connectivity index (χ4n) is 1.52. The quantitative estimate of drug-likeness (QED) is 0.461. The number of rotatable bonds is 5. The fourth-order valence-corrected chi connectivity index (χ4v) is 9.66. The highest BCUT2D eigenvalue weighted by Crippen LogP contribution is 2.63. The van der Waals surface area contributed by atoms with Crippen LogP contribution in [0, 0.1) is 0 Å². The van der Waals surface area contributed by atoms with Gasteiger partial charge in [-0.05, 0) is 39.3 Å². The molecule has 0 radical (unpaired) electrons. The van der Waals surface area contributed by atoms with Gasteiger partial charge >= 0.3 is 13.6 Å². The van der Waals surface area contributed by atoms with Crippen LogP contribution in [0.5, 0.6) is 0 Å². The van der Waals surface area contributed by atoms with Gasteiger partial charge in [0.05, 0.1) is 0 Å². The molecular weight excluding hydrogens is 339 g/mol. The molecule has 1 atom stereocenters. The molecule has 1 heterocycles. The van der Waals surface area contributed by atoms with Crippen molar-refractivity contribution in [2.75, 3.05) is 0 Å². The van der Waals surface area contributed by atoms with E-state index in [-0.39, 0.29) is 5.31 Å². The average molecular weight is 359 g/mol. The van der Waals surface area contributed by atoms with Crippen molar-refractivity contribution in [1.82, 2.24) is 0 Å². The summed E-state index contributed by atoms with van der Waals surface area (Å²) in [6, 6.07) is 0. The third kappa shape index (κ3) is 4.52. The highest BCUT2D eigenvalue weighted by molar-refractivity contribution is 7.61. The minimum absolute atomic E-state index is 0.283. The lowest BCUT2D eigenvalue weighted by Gasteiger charge is -2.31. The number of ether oxygens (including phenoxy) is 1. The molecule has 1 aliphatic rings. The maximum atomic E-state index is 13.1. The first-order valence-corrected chi connectivity index (χ1v) is 14.8. The first-order valence-electron chi connectivity index (χ1n) is 6.06. The number of hydrogen-bond donors (Lipinski definition) is 1. The second-order valence-corrected chi connectivity index (χ2v) is 18.1. The van der Waals surface area contributed by atoms with E-state index in [1.54, 1.807) is 0 Å². The Hall–Kier alpha value is 0.0438. The Morgan fingerprint density at radius 1 is 1.15 bits per heavy atom. The Morgan fingerprint density at radius 3 is 1.80 bits per heavy atom. The van der Waals surface area contributed by atoms with Crippen LogP contribution in [-0.4, -0.2) is 34.0 Å². The van der Waals surface area contributed by atoms with E-state index >= 15 is 0 Å². The highest BCUT2D eigenvalue weighted by Gasteiger charge is 2.49. The molecule has 0 spiro atoms. The summed E-state index contributed by atoms with van der Waals surface area (Å²) < 4.78 is 29.0. The van der Waals surface area contributed by atoms with Gasteiger partial charge in [-0.3, -0.25) is 4.57 Å². The Kier molecular flexibility index (Phi) is 5.14. The molecule has 0 aromatic carbocycles. The minimum atomic E-state index is -3.88. The third-order valence-electron chi connectivity index (χ3n) is 1.94. The van der Waals surface area contributed by atoms with Gasteiger partial charge in [0, 0.05) is 0 Å². The molecule has 116 valence electrons. The van der Waals surface area contributed by atoms with Crippen molar-refractivity contribution in [2.24, 2.45) is 0 Å². The van der Waals surface area contributed by atoms with Crippen molar-refractivity contribution < 1.29 is 27.6 Å². The topological polar surface area (TPSA) is 82.1 Å². The largest absolute Gasteiger partial charge is 0.427 e. The number of hydrogen-bond acceptors (Lipinski definition) is 6. The molecule has 0 aromatic rings. The Labute approximate surface area is 125 Å². The minimum Gasteiger partial charge on any atom is -0.427 e. The van der Waals surface area contributed by atoms with Crippen molar-refractivity contribution in [3.05, 3.63) is 10.3 Å². The van der Waals surface area contributed by atoms with Gasteiger partial charge < -0.3 is 18.3 Å². The van der Waals surface area contributed by atoms with Crippen LogP contribution < -0.4 is 0 Å². The lowest BCUT2D eigenvalue weighted by Crippen LogP contribution is -2.31. The number of aliphatic hydroxyl groups is 1. The molecule has 20 heavy (non-hydrogen) atoms. The van der Waals surface area contributed by atoms with E-state index in [0.717, 1.165) is 0 Å². The maximum Gasteiger partial charge on any atom is 0.353 e. The van der Waals surface area contributed by atoms with Crippen molar-refractivity contribution >= 4 is 41.8 Å². The molecule has 1 unspecified atom stereocenters. The van der Waals surface area contributed by atoms with Gasteiger partial charge in [0.1, 0.15) is 10.3 Å². The lowest BCUT2D eigenvalue weighted by atomic mass is 10.5. The molecule has 1 N–H and O–H groups in total. The predicted octanol–water partition coefficient (Wildman–Crippen LogP) is 3.21. The van der Waals surface area contributed by atoms with E-state index in [1.807, 2.05) is 39.3 Å².